The Bertz CT molecular complexity index is 426. The number of hydrogen-bond donors (Lipinski definition) is 1. The summed E-state index contributed by atoms with van der Waals surface area (Å²) in [5.41, 5.74) is 0. The molecule has 2 fully saturated rings. The van der Waals surface area contributed by atoms with Crippen molar-refractivity contribution in [3.05, 3.63) is 0 Å². The lowest BCUT2D eigenvalue weighted by atomic mass is 9.87. The Morgan fingerprint density at radius 2 is 1.79 bits per heavy atom. The van der Waals surface area contributed by atoms with E-state index in [0.717, 1.165) is 4.90 Å². The number of nitrogens with zero attached hydrogens (tertiary/aromatic N) is 1. The summed E-state index contributed by atoms with van der Waals surface area (Å²) >= 11 is 0. The summed E-state index contributed by atoms with van der Waals surface area (Å²) in [6, 6.07) is -0.743. The highest BCUT2D eigenvalue weighted by Gasteiger charge is 2.43. The van der Waals surface area contributed by atoms with Gasteiger partial charge in [0.15, 0.2) is 0 Å². The number of ether oxygens (including phenoxy) is 2. The van der Waals surface area contributed by atoms with Crippen LogP contribution >= 0.6 is 0 Å². The molecule has 1 N–H and O–H groups in total. The van der Waals surface area contributed by atoms with Crippen LogP contribution in [0.1, 0.15) is 32.1 Å². The van der Waals surface area contributed by atoms with Gasteiger partial charge in [-0.25, -0.2) is 4.79 Å². The number of halogens is 5. The summed E-state index contributed by atoms with van der Waals surface area (Å²) in [6.45, 7) is -3.42. The molecule has 0 aromatic carbocycles. The molecule has 2 atom stereocenters. The smallest absolute Gasteiger partial charge is 0.407 e. The third-order valence-corrected chi connectivity index (χ3v) is 4.56. The molecule has 0 spiro atoms. The standard InChI is InChI=1S/C14H20F5NO4/c15-12(16)23-7-9-5-11(6-20(9)13(21)22)24-10-3-1-8(2-4-10)14(17,18)19/h8-12H,1-7H2,(H,21,22)/t8?,9-,10?,11-/m0/s1. The maximum Gasteiger partial charge on any atom is 0.407 e. The van der Waals surface area contributed by atoms with Crippen LogP contribution in [0.2, 0.25) is 0 Å². The van der Waals surface area contributed by atoms with E-state index in [9.17, 15) is 26.7 Å². The molecule has 0 radical (unpaired) electrons. The lowest BCUT2D eigenvalue weighted by Crippen LogP contribution is -2.38. The molecule has 0 bridgehead atoms. The van der Waals surface area contributed by atoms with Crippen LogP contribution in [0.4, 0.5) is 26.7 Å². The molecule has 1 aliphatic heterocycles. The molecule has 2 rings (SSSR count). The fraction of sp³-hybridized carbons (Fsp3) is 0.929. The third kappa shape index (κ3) is 5.17. The van der Waals surface area contributed by atoms with Crippen molar-refractivity contribution in [3.8, 4) is 0 Å². The Balaban J connectivity index is 1.82. The largest absolute Gasteiger partial charge is 0.465 e. The molecule has 1 saturated carbocycles. The Labute approximate surface area is 135 Å². The second-order valence-corrected chi connectivity index (χ2v) is 6.19. The number of alkyl halides is 5. The summed E-state index contributed by atoms with van der Waals surface area (Å²) in [5, 5.41) is 9.10. The molecule has 0 unspecified atom stereocenters. The average Bonchev–Trinajstić information content (AvgIpc) is 2.88. The minimum Gasteiger partial charge on any atom is -0.465 e. The number of hydrogen-bond acceptors (Lipinski definition) is 3. The van der Waals surface area contributed by atoms with Gasteiger partial charge in [-0.05, 0) is 32.1 Å². The van der Waals surface area contributed by atoms with E-state index in [-0.39, 0.29) is 44.8 Å². The van der Waals surface area contributed by atoms with Crippen molar-refractivity contribution >= 4 is 6.09 Å². The van der Waals surface area contributed by atoms with Crippen LogP contribution in [0, 0.1) is 5.92 Å². The van der Waals surface area contributed by atoms with Crippen LogP contribution in [0.15, 0.2) is 0 Å². The van der Waals surface area contributed by atoms with Crippen molar-refractivity contribution in [2.75, 3.05) is 13.2 Å². The highest BCUT2D eigenvalue weighted by atomic mass is 19.4. The number of amides is 1. The molecule has 1 aliphatic carbocycles. The quantitative estimate of drug-likeness (QED) is 0.762. The third-order valence-electron chi connectivity index (χ3n) is 4.56. The van der Waals surface area contributed by atoms with Crippen molar-refractivity contribution < 1.29 is 41.3 Å². The van der Waals surface area contributed by atoms with E-state index >= 15 is 0 Å². The second kappa shape index (κ2) is 7.81. The predicted octanol–water partition coefficient (Wildman–Crippen LogP) is 3.48. The van der Waals surface area contributed by atoms with Gasteiger partial charge in [0, 0.05) is 0 Å². The Morgan fingerprint density at radius 3 is 2.29 bits per heavy atom. The average molecular weight is 361 g/mol. The Morgan fingerprint density at radius 1 is 1.17 bits per heavy atom. The zero-order chi connectivity index (χ0) is 17.9. The first kappa shape index (κ1) is 19.2. The molecule has 1 heterocycles. The minimum atomic E-state index is -4.20. The van der Waals surface area contributed by atoms with Crippen LogP contribution < -0.4 is 0 Å². The van der Waals surface area contributed by atoms with E-state index < -0.39 is 43.6 Å². The Kier molecular flexibility index (Phi) is 6.24. The first-order valence-electron chi connectivity index (χ1n) is 7.78. The van der Waals surface area contributed by atoms with Gasteiger partial charge in [-0.15, -0.1) is 0 Å². The normalized spacial score (nSPS) is 31.7. The summed E-state index contributed by atoms with van der Waals surface area (Å²) in [5.74, 6) is -1.32. The van der Waals surface area contributed by atoms with Crippen LogP contribution in [-0.4, -0.2) is 60.3 Å². The van der Waals surface area contributed by atoms with Gasteiger partial charge in [0.05, 0.1) is 37.3 Å². The summed E-state index contributed by atoms with van der Waals surface area (Å²) in [7, 11) is 0. The van der Waals surface area contributed by atoms with Crippen LogP contribution in [-0.2, 0) is 9.47 Å². The van der Waals surface area contributed by atoms with Crippen molar-refractivity contribution in [2.45, 2.75) is 63.1 Å². The van der Waals surface area contributed by atoms with Gasteiger partial charge in [0.25, 0.3) is 0 Å². The van der Waals surface area contributed by atoms with Gasteiger partial charge in [-0.2, -0.15) is 22.0 Å². The number of carboxylic acid groups (broad SMARTS) is 1. The number of rotatable bonds is 5. The predicted molar refractivity (Wildman–Crippen MR) is 71.8 cm³/mol. The lowest BCUT2D eigenvalue weighted by molar-refractivity contribution is -0.189. The van der Waals surface area contributed by atoms with Gasteiger partial charge < -0.3 is 19.5 Å². The van der Waals surface area contributed by atoms with Crippen LogP contribution in [0.25, 0.3) is 0 Å². The van der Waals surface area contributed by atoms with Gasteiger partial charge in [0.1, 0.15) is 0 Å². The van der Waals surface area contributed by atoms with Crippen LogP contribution in [0.5, 0.6) is 0 Å². The van der Waals surface area contributed by atoms with E-state index in [2.05, 4.69) is 4.74 Å². The highest BCUT2D eigenvalue weighted by molar-refractivity contribution is 5.66. The topological polar surface area (TPSA) is 59.0 Å². The molecular formula is C14H20F5NO4. The SMILES string of the molecule is O=C(O)N1C[C@@H](OC2CCC(C(F)(F)F)CC2)C[C@H]1COC(F)F. The molecule has 0 aromatic heterocycles. The Hall–Kier alpha value is -1.16. The van der Waals surface area contributed by atoms with Gasteiger partial charge in [0.2, 0.25) is 0 Å². The van der Waals surface area contributed by atoms with Gasteiger partial charge in [-0.3, -0.25) is 0 Å². The van der Waals surface area contributed by atoms with E-state index in [1.807, 2.05) is 0 Å². The molecular weight excluding hydrogens is 341 g/mol. The first-order chi connectivity index (χ1) is 11.2. The first-order valence-corrected chi connectivity index (χ1v) is 7.78. The number of carbonyl (C=O) groups is 1. The molecule has 24 heavy (non-hydrogen) atoms. The van der Waals surface area contributed by atoms with Gasteiger partial charge in [-0.1, -0.05) is 0 Å². The summed E-state index contributed by atoms with van der Waals surface area (Å²) in [4.78, 5) is 12.1. The molecule has 0 aromatic rings. The van der Waals surface area contributed by atoms with E-state index in [1.165, 1.54) is 0 Å². The van der Waals surface area contributed by atoms with Crippen molar-refractivity contribution in [2.24, 2.45) is 5.92 Å². The zero-order valence-corrected chi connectivity index (χ0v) is 12.8. The highest BCUT2D eigenvalue weighted by Crippen LogP contribution is 2.39. The fourth-order valence-corrected chi connectivity index (χ4v) is 3.35. The molecule has 1 amide bonds. The molecule has 10 heteroatoms. The summed E-state index contributed by atoms with van der Waals surface area (Å²) in [6.07, 6.45) is -5.65. The van der Waals surface area contributed by atoms with Crippen LogP contribution in [0.3, 0.4) is 0 Å². The van der Waals surface area contributed by atoms with E-state index in [0.29, 0.717) is 0 Å². The van der Waals surface area contributed by atoms with E-state index in [4.69, 9.17) is 9.84 Å². The van der Waals surface area contributed by atoms with Gasteiger partial charge >= 0.3 is 18.9 Å². The zero-order valence-electron chi connectivity index (χ0n) is 12.8. The van der Waals surface area contributed by atoms with Crippen molar-refractivity contribution in [1.82, 2.24) is 4.90 Å². The van der Waals surface area contributed by atoms with Crippen molar-refractivity contribution in [3.63, 3.8) is 0 Å². The second-order valence-electron chi connectivity index (χ2n) is 6.19. The number of likely N-dealkylation sites (tertiary alicyclic amines) is 1. The molecule has 2 aliphatic rings. The summed E-state index contributed by atoms with van der Waals surface area (Å²) < 4.78 is 72.0. The van der Waals surface area contributed by atoms with Crippen molar-refractivity contribution in [1.29, 1.82) is 0 Å². The molecule has 140 valence electrons. The maximum absolute atomic E-state index is 12.6. The molecule has 5 nitrogen and oxygen atoms in total. The minimum absolute atomic E-state index is 0.00575. The monoisotopic (exact) mass is 361 g/mol. The van der Waals surface area contributed by atoms with E-state index in [1.54, 1.807) is 0 Å². The maximum atomic E-state index is 12.6. The lowest BCUT2D eigenvalue weighted by Gasteiger charge is -2.31. The molecule has 1 saturated heterocycles. The fourth-order valence-electron chi connectivity index (χ4n) is 3.35.